The fourth-order valence-electron chi connectivity index (χ4n) is 2.32. The van der Waals surface area contributed by atoms with Crippen molar-refractivity contribution in [3.05, 3.63) is 50.6 Å². The molecular formula is C15H15IN6O2. The van der Waals surface area contributed by atoms with Crippen LogP contribution in [0.25, 0.3) is 5.52 Å². The van der Waals surface area contributed by atoms with E-state index < -0.39 is 0 Å². The van der Waals surface area contributed by atoms with Crippen LogP contribution < -0.4 is 10.9 Å². The van der Waals surface area contributed by atoms with Crippen LogP contribution in [0.1, 0.15) is 25.6 Å². The molecule has 0 atom stereocenters. The maximum absolute atomic E-state index is 12.6. The summed E-state index contributed by atoms with van der Waals surface area (Å²) in [5.41, 5.74) is 0.202. The van der Waals surface area contributed by atoms with Crippen LogP contribution in [0.4, 0.5) is 5.82 Å². The van der Waals surface area contributed by atoms with Crippen LogP contribution in [0, 0.1) is 3.57 Å². The molecule has 0 aromatic carbocycles. The van der Waals surface area contributed by atoms with Gasteiger partial charge in [0.1, 0.15) is 30.0 Å². The predicted molar refractivity (Wildman–Crippen MR) is 96.9 cm³/mol. The normalized spacial score (nSPS) is 11.2. The molecular weight excluding hydrogens is 423 g/mol. The average molecular weight is 438 g/mol. The summed E-state index contributed by atoms with van der Waals surface area (Å²) in [4.78, 5) is 32.5. The fraction of sp³-hybridized carbons (Fsp3) is 0.267. The van der Waals surface area contributed by atoms with Gasteiger partial charge >= 0.3 is 0 Å². The zero-order valence-corrected chi connectivity index (χ0v) is 15.3. The summed E-state index contributed by atoms with van der Waals surface area (Å²) in [6.07, 6.45) is 4.73. The summed E-state index contributed by atoms with van der Waals surface area (Å²) < 4.78 is 3.92. The van der Waals surface area contributed by atoms with Crippen molar-refractivity contribution >= 4 is 39.8 Å². The van der Waals surface area contributed by atoms with Crippen molar-refractivity contribution in [2.24, 2.45) is 0 Å². The van der Waals surface area contributed by atoms with E-state index in [1.165, 1.54) is 17.2 Å². The molecule has 3 aromatic rings. The molecule has 3 heterocycles. The highest BCUT2D eigenvalue weighted by Crippen LogP contribution is 2.16. The topological polar surface area (TPSA) is 94.2 Å². The molecule has 0 aliphatic heterocycles. The summed E-state index contributed by atoms with van der Waals surface area (Å²) >= 11 is 2.15. The molecule has 3 aromatic heterocycles. The standard InChI is InChI=1S/C15H15IN6O2/c1-9(2)14-20-22(15(24)11-5-10(16)6-21(11)14)7-13(23)19-12-3-4-17-8-18-12/h3-6,8-9H,7H2,1-2H3,(H,17,18,19,23). The quantitative estimate of drug-likeness (QED) is 0.626. The van der Waals surface area contributed by atoms with Crippen molar-refractivity contribution in [1.82, 2.24) is 24.1 Å². The molecule has 0 saturated carbocycles. The van der Waals surface area contributed by atoms with E-state index in [0.29, 0.717) is 11.3 Å². The summed E-state index contributed by atoms with van der Waals surface area (Å²) in [7, 11) is 0. The third-order valence-electron chi connectivity index (χ3n) is 3.37. The Hall–Kier alpha value is -2.30. The number of hydrogen-bond donors (Lipinski definition) is 1. The van der Waals surface area contributed by atoms with Crippen LogP contribution in [-0.2, 0) is 11.3 Å². The second-order valence-electron chi connectivity index (χ2n) is 5.53. The molecule has 0 unspecified atom stereocenters. The Morgan fingerprint density at radius 2 is 2.21 bits per heavy atom. The maximum atomic E-state index is 12.6. The van der Waals surface area contributed by atoms with Crippen LogP contribution >= 0.6 is 22.6 Å². The first-order chi connectivity index (χ1) is 11.5. The minimum absolute atomic E-state index is 0.104. The van der Waals surface area contributed by atoms with Gasteiger partial charge in [0.25, 0.3) is 5.56 Å². The zero-order chi connectivity index (χ0) is 17.3. The SMILES string of the molecule is CC(C)c1nn(CC(=O)Nc2ccncn2)c(=O)c2cc(I)cn12. The van der Waals surface area contributed by atoms with Gasteiger partial charge in [0.15, 0.2) is 0 Å². The Labute approximate surface area is 151 Å². The molecule has 124 valence electrons. The van der Waals surface area contributed by atoms with Crippen molar-refractivity contribution in [2.75, 3.05) is 5.32 Å². The van der Waals surface area contributed by atoms with Gasteiger partial charge in [-0.25, -0.2) is 14.6 Å². The van der Waals surface area contributed by atoms with E-state index in [4.69, 9.17) is 0 Å². The molecule has 0 spiro atoms. The first-order valence-corrected chi connectivity index (χ1v) is 8.38. The molecule has 0 aliphatic rings. The predicted octanol–water partition coefficient (Wildman–Crippen LogP) is 1.65. The van der Waals surface area contributed by atoms with Gasteiger partial charge in [0, 0.05) is 21.9 Å². The van der Waals surface area contributed by atoms with E-state index >= 15 is 0 Å². The summed E-state index contributed by atoms with van der Waals surface area (Å²) in [6, 6.07) is 3.36. The molecule has 0 fully saturated rings. The largest absolute Gasteiger partial charge is 0.309 e. The Bertz CT molecular complexity index is 948. The number of aromatic nitrogens is 5. The van der Waals surface area contributed by atoms with Gasteiger partial charge in [-0.2, -0.15) is 5.10 Å². The lowest BCUT2D eigenvalue weighted by Gasteiger charge is -2.12. The zero-order valence-electron chi connectivity index (χ0n) is 13.1. The second-order valence-corrected chi connectivity index (χ2v) is 6.78. The summed E-state index contributed by atoms with van der Waals surface area (Å²) in [5, 5.41) is 6.99. The van der Waals surface area contributed by atoms with Crippen LogP contribution in [0.15, 0.2) is 35.6 Å². The second kappa shape index (κ2) is 6.67. The maximum Gasteiger partial charge on any atom is 0.291 e. The van der Waals surface area contributed by atoms with E-state index in [1.807, 2.05) is 20.0 Å². The smallest absolute Gasteiger partial charge is 0.291 e. The van der Waals surface area contributed by atoms with Crippen LogP contribution in [0.3, 0.4) is 0 Å². The highest BCUT2D eigenvalue weighted by atomic mass is 127. The van der Waals surface area contributed by atoms with Crippen molar-refractivity contribution in [2.45, 2.75) is 26.3 Å². The molecule has 0 aliphatic carbocycles. The molecule has 24 heavy (non-hydrogen) atoms. The minimum Gasteiger partial charge on any atom is -0.309 e. The van der Waals surface area contributed by atoms with E-state index in [-0.39, 0.29) is 23.9 Å². The number of rotatable bonds is 4. The molecule has 1 N–H and O–H groups in total. The van der Waals surface area contributed by atoms with Gasteiger partial charge in [-0.1, -0.05) is 13.8 Å². The summed E-state index contributed by atoms with van der Waals surface area (Å²) in [5.74, 6) is 0.837. The number of halogens is 1. The molecule has 9 heteroatoms. The lowest BCUT2D eigenvalue weighted by atomic mass is 10.2. The highest BCUT2D eigenvalue weighted by molar-refractivity contribution is 14.1. The molecule has 1 amide bonds. The number of amides is 1. The number of anilines is 1. The van der Waals surface area contributed by atoms with Gasteiger partial charge in [0.05, 0.1) is 0 Å². The van der Waals surface area contributed by atoms with Gasteiger partial charge < -0.3 is 5.32 Å². The number of hydrogen-bond acceptors (Lipinski definition) is 5. The third kappa shape index (κ3) is 3.30. The number of nitrogens with zero attached hydrogens (tertiary/aromatic N) is 5. The highest BCUT2D eigenvalue weighted by Gasteiger charge is 2.16. The first kappa shape index (κ1) is 16.6. The lowest BCUT2D eigenvalue weighted by Crippen LogP contribution is -2.32. The van der Waals surface area contributed by atoms with Crippen molar-refractivity contribution in [3.63, 3.8) is 0 Å². The Morgan fingerprint density at radius 1 is 1.42 bits per heavy atom. The third-order valence-corrected chi connectivity index (χ3v) is 3.96. The van der Waals surface area contributed by atoms with Gasteiger partial charge in [-0.3, -0.25) is 14.0 Å². The molecule has 3 rings (SSSR count). The van der Waals surface area contributed by atoms with Gasteiger partial charge in [-0.05, 0) is 34.7 Å². The monoisotopic (exact) mass is 438 g/mol. The van der Waals surface area contributed by atoms with E-state index in [2.05, 4.69) is 43.0 Å². The van der Waals surface area contributed by atoms with E-state index in [9.17, 15) is 9.59 Å². The van der Waals surface area contributed by atoms with Crippen LogP contribution in [0.5, 0.6) is 0 Å². The number of carbonyl (C=O) groups excluding carboxylic acids is 1. The Balaban J connectivity index is 1.96. The van der Waals surface area contributed by atoms with E-state index in [0.717, 1.165) is 9.39 Å². The van der Waals surface area contributed by atoms with Gasteiger partial charge in [0.2, 0.25) is 5.91 Å². The van der Waals surface area contributed by atoms with Gasteiger partial charge in [-0.15, -0.1) is 0 Å². The molecule has 8 nitrogen and oxygen atoms in total. The average Bonchev–Trinajstić information content (AvgIpc) is 2.92. The molecule has 0 bridgehead atoms. The molecule has 0 saturated heterocycles. The first-order valence-electron chi connectivity index (χ1n) is 7.30. The number of fused-ring (bicyclic) bond motifs is 1. The summed E-state index contributed by atoms with van der Waals surface area (Å²) in [6.45, 7) is 3.80. The van der Waals surface area contributed by atoms with Crippen LogP contribution in [0.2, 0.25) is 0 Å². The Morgan fingerprint density at radius 3 is 2.88 bits per heavy atom. The lowest BCUT2D eigenvalue weighted by molar-refractivity contribution is -0.117. The molecule has 0 radical (unpaired) electrons. The minimum atomic E-state index is -0.372. The van der Waals surface area contributed by atoms with Crippen LogP contribution in [-0.4, -0.2) is 30.1 Å². The van der Waals surface area contributed by atoms with Crippen molar-refractivity contribution in [1.29, 1.82) is 0 Å². The number of nitrogens with one attached hydrogen (secondary N) is 1. The van der Waals surface area contributed by atoms with E-state index in [1.54, 1.807) is 16.5 Å². The number of carbonyl (C=O) groups is 1. The van der Waals surface area contributed by atoms with Crippen molar-refractivity contribution < 1.29 is 4.79 Å². The Kier molecular flexibility index (Phi) is 4.60. The fourth-order valence-corrected chi connectivity index (χ4v) is 2.89. The van der Waals surface area contributed by atoms with Crippen molar-refractivity contribution in [3.8, 4) is 0 Å².